The van der Waals surface area contributed by atoms with Crippen LogP contribution in [0, 0.1) is 0 Å². The molecule has 0 fully saturated rings. The summed E-state index contributed by atoms with van der Waals surface area (Å²) in [6.07, 6.45) is 20.4. The molecule has 5 nitrogen and oxygen atoms in total. The Bertz CT molecular complexity index is 305. The maximum atomic E-state index is 8.55. The third-order valence-electron chi connectivity index (χ3n) is 4.18. The van der Waals surface area contributed by atoms with Gasteiger partial charge in [-0.2, -0.15) is 7.82 Å². The van der Waals surface area contributed by atoms with Crippen molar-refractivity contribution in [3.05, 3.63) is 0 Å². The highest BCUT2D eigenvalue weighted by molar-refractivity contribution is 7.40. The van der Waals surface area contributed by atoms with E-state index in [2.05, 4.69) is 28.1 Å². The SMILES string of the molecule is CCCCCCCCCCCCCCCC[N+](C)(C)C.O=P([O-])([O-])[O-]. The zero-order valence-corrected chi connectivity index (χ0v) is 18.0. The topological polar surface area (TPSA) is 86.2 Å². The summed E-state index contributed by atoms with van der Waals surface area (Å²) in [7, 11) is 1.49. The normalized spacial score (nSPS) is 12.0. The molecule has 0 aromatic heterocycles. The van der Waals surface area contributed by atoms with E-state index in [1.54, 1.807) is 0 Å². The van der Waals surface area contributed by atoms with Crippen LogP contribution in [0.2, 0.25) is 0 Å². The van der Waals surface area contributed by atoms with Gasteiger partial charge in [0.05, 0.1) is 27.7 Å². The first-order chi connectivity index (χ1) is 11.6. The summed E-state index contributed by atoms with van der Waals surface area (Å²) in [5.74, 6) is 0. The molecule has 0 aromatic carbocycles. The van der Waals surface area contributed by atoms with Crippen LogP contribution < -0.4 is 14.7 Å². The number of quaternary nitrogens is 1. The highest BCUT2D eigenvalue weighted by Crippen LogP contribution is 2.13. The number of unbranched alkanes of at least 4 members (excludes halogenated alkanes) is 13. The minimum Gasteiger partial charge on any atom is -0.822 e. The molecule has 0 amide bonds. The number of rotatable bonds is 15. The van der Waals surface area contributed by atoms with Crippen LogP contribution in [0.25, 0.3) is 0 Å². The van der Waals surface area contributed by atoms with E-state index in [1.165, 1.54) is 96.4 Å². The van der Waals surface area contributed by atoms with Crippen molar-refractivity contribution in [2.75, 3.05) is 27.7 Å². The van der Waals surface area contributed by atoms with E-state index < -0.39 is 7.82 Å². The largest absolute Gasteiger partial charge is 0.822 e. The molecule has 0 aliphatic rings. The Kier molecular flexibility index (Phi) is 19.1. The Hall–Kier alpha value is 0.0700. The molecule has 0 saturated carbocycles. The molecule has 6 heteroatoms. The zero-order chi connectivity index (χ0) is 19.6. The van der Waals surface area contributed by atoms with Gasteiger partial charge in [0.25, 0.3) is 0 Å². The lowest BCUT2D eigenvalue weighted by atomic mass is 10.0. The van der Waals surface area contributed by atoms with Crippen LogP contribution in [0.4, 0.5) is 0 Å². The van der Waals surface area contributed by atoms with Gasteiger partial charge in [0, 0.05) is 0 Å². The number of hydrogen-bond donors (Lipinski definition) is 0. The molecule has 0 N–H and O–H groups in total. The molecular formula is C19H42NO4P-2. The smallest absolute Gasteiger partial charge is 0.0780 e. The molecule has 0 rings (SSSR count). The first-order valence-corrected chi connectivity index (χ1v) is 11.6. The maximum absolute atomic E-state index is 8.55. The van der Waals surface area contributed by atoms with Gasteiger partial charge < -0.3 is 23.7 Å². The molecule has 0 aliphatic heterocycles. The number of hydrogen-bond acceptors (Lipinski definition) is 4. The lowest BCUT2D eigenvalue weighted by molar-refractivity contribution is -0.870. The van der Waals surface area contributed by atoms with Crippen molar-refractivity contribution in [3.8, 4) is 0 Å². The maximum Gasteiger partial charge on any atom is 0.0780 e. The van der Waals surface area contributed by atoms with Crippen molar-refractivity contribution in [1.29, 1.82) is 0 Å². The molecule has 0 radical (unpaired) electrons. The Morgan fingerprint density at radius 1 is 0.600 bits per heavy atom. The fourth-order valence-electron chi connectivity index (χ4n) is 2.78. The fraction of sp³-hybridized carbons (Fsp3) is 1.00. The van der Waals surface area contributed by atoms with Crippen molar-refractivity contribution in [2.24, 2.45) is 0 Å². The lowest BCUT2D eigenvalue weighted by Crippen LogP contribution is -2.35. The molecule has 0 heterocycles. The second-order valence-electron chi connectivity index (χ2n) is 8.06. The predicted octanol–water partition coefficient (Wildman–Crippen LogP) is 3.35. The average Bonchev–Trinajstić information content (AvgIpc) is 2.45. The highest BCUT2D eigenvalue weighted by atomic mass is 31.2. The molecular weight excluding hydrogens is 337 g/mol. The zero-order valence-electron chi connectivity index (χ0n) is 17.1. The number of nitrogens with zero attached hydrogens (tertiary/aromatic N) is 1. The van der Waals surface area contributed by atoms with Gasteiger partial charge in [-0.3, -0.25) is 0 Å². The molecule has 0 saturated heterocycles. The minimum absolute atomic E-state index is 1.12. The van der Waals surface area contributed by atoms with Crippen molar-refractivity contribution in [3.63, 3.8) is 0 Å². The van der Waals surface area contributed by atoms with Crippen LogP contribution in [-0.2, 0) is 4.57 Å². The van der Waals surface area contributed by atoms with Gasteiger partial charge >= 0.3 is 0 Å². The van der Waals surface area contributed by atoms with Gasteiger partial charge in [0.15, 0.2) is 0 Å². The van der Waals surface area contributed by atoms with Crippen LogP contribution in [0.5, 0.6) is 0 Å². The lowest BCUT2D eigenvalue weighted by Gasteiger charge is -2.36. The molecule has 25 heavy (non-hydrogen) atoms. The van der Waals surface area contributed by atoms with E-state index in [0.717, 1.165) is 4.48 Å². The van der Waals surface area contributed by atoms with E-state index >= 15 is 0 Å². The summed E-state index contributed by atoms with van der Waals surface area (Å²) in [5, 5.41) is 0. The predicted molar refractivity (Wildman–Crippen MR) is 101 cm³/mol. The van der Waals surface area contributed by atoms with Gasteiger partial charge in [0.1, 0.15) is 0 Å². The average molecular weight is 380 g/mol. The van der Waals surface area contributed by atoms with Crippen LogP contribution in [-0.4, -0.2) is 32.2 Å². The van der Waals surface area contributed by atoms with Crippen molar-refractivity contribution < 1.29 is 23.7 Å². The fourth-order valence-corrected chi connectivity index (χ4v) is 2.78. The second kappa shape index (κ2) is 17.5. The van der Waals surface area contributed by atoms with Gasteiger partial charge in [-0.25, -0.2) is 0 Å². The standard InChI is InChI=1S/C19H42N.H3O4P/c1-5-6-7-8-9-10-11-12-13-14-15-16-17-18-19-20(2,3)4;1-5(2,3)4/h5-19H2,1-4H3;(H3,1,2,3,4)/q+1;/p-3. The van der Waals surface area contributed by atoms with Crippen molar-refractivity contribution in [1.82, 2.24) is 0 Å². The summed E-state index contributed by atoms with van der Waals surface area (Å²) in [6, 6.07) is 0. The molecule has 0 atom stereocenters. The molecule has 0 aromatic rings. The monoisotopic (exact) mass is 379 g/mol. The quantitative estimate of drug-likeness (QED) is 0.248. The van der Waals surface area contributed by atoms with E-state index in [4.69, 9.17) is 19.2 Å². The first kappa shape index (κ1) is 27.3. The highest BCUT2D eigenvalue weighted by Gasteiger charge is 2.04. The van der Waals surface area contributed by atoms with Gasteiger partial charge in [-0.1, -0.05) is 84.0 Å². The van der Waals surface area contributed by atoms with Crippen LogP contribution in [0.15, 0.2) is 0 Å². The van der Waals surface area contributed by atoms with E-state index in [1.807, 2.05) is 0 Å². The van der Waals surface area contributed by atoms with E-state index in [9.17, 15) is 0 Å². The summed E-state index contributed by atoms with van der Waals surface area (Å²) < 4.78 is 9.67. The Labute approximate surface area is 156 Å². The molecule has 154 valence electrons. The summed E-state index contributed by atoms with van der Waals surface area (Å²) in [6.45, 7) is 3.63. The van der Waals surface area contributed by atoms with Crippen LogP contribution in [0.3, 0.4) is 0 Å². The third-order valence-corrected chi connectivity index (χ3v) is 4.18. The van der Waals surface area contributed by atoms with Crippen LogP contribution >= 0.6 is 7.82 Å². The molecule has 0 unspecified atom stereocenters. The Morgan fingerprint density at radius 3 is 1.08 bits per heavy atom. The minimum atomic E-state index is -5.39. The Balaban J connectivity index is 0. The van der Waals surface area contributed by atoms with Gasteiger partial charge in [-0.05, 0) is 12.8 Å². The van der Waals surface area contributed by atoms with Crippen molar-refractivity contribution in [2.45, 2.75) is 96.8 Å². The molecule has 0 aliphatic carbocycles. The third kappa shape index (κ3) is 40.2. The van der Waals surface area contributed by atoms with Crippen LogP contribution in [0.1, 0.15) is 96.8 Å². The molecule has 0 spiro atoms. The first-order valence-electron chi connectivity index (χ1n) is 10.1. The van der Waals surface area contributed by atoms with Gasteiger partial charge in [-0.15, -0.1) is 0 Å². The van der Waals surface area contributed by atoms with Gasteiger partial charge in [0.2, 0.25) is 0 Å². The molecule has 0 bridgehead atoms. The second-order valence-corrected chi connectivity index (χ2v) is 8.95. The Morgan fingerprint density at radius 2 is 0.840 bits per heavy atom. The summed E-state index contributed by atoms with van der Waals surface area (Å²) >= 11 is 0. The van der Waals surface area contributed by atoms with Crippen molar-refractivity contribution >= 4 is 7.82 Å². The van der Waals surface area contributed by atoms with E-state index in [-0.39, 0.29) is 0 Å². The summed E-state index contributed by atoms with van der Waals surface area (Å²) in [4.78, 5) is 25.6. The van der Waals surface area contributed by atoms with E-state index in [0.29, 0.717) is 0 Å². The summed E-state index contributed by atoms with van der Waals surface area (Å²) in [5.41, 5.74) is 0. The number of phosphoric acid groups is 1.